The Bertz CT molecular complexity index is 373. The lowest BCUT2D eigenvalue weighted by Crippen LogP contribution is -2.17. The van der Waals surface area contributed by atoms with Crippen molar-refractivity contribution < 1.29 is 4.74 Å². The second-order valence-electron chi connectivity index (χ2n) is 4.90. The largest absolute Gasteiger partial charge is 0.376 e. The molecule has 0 aromatic carbocycles. The quantitative estimate of drug-likeness (QED) is 0.869. The average Bonchev–Trinajstić information content (AvgIpc) is 2.35. The van der Waals surface area contributed by atoms with Gasteiger partial charge in [0.15, 0.2) is 0 Å². The molecule has 0 bridgehead atoms. The van der Waals surface area contributed by atoms with Gasteiger partial charge in [0.1, 0.15) is 11.6 Å². The fourth-order valence-corrected chi connectivity index (χ4v) is 2.02. The van der Waals surface area contributed by atoms with Crippen LogP contribution in [0.15, 0.2) is 0 Å². The number of nitrogens with zero attached hydrogens (tertiary/aromatic N) is 2. The van der Waals surface area contributed by atoms with Gasteiger partial charge < -0.3 is 10.1 Å². The zero-order valence-electron chi connectivity index (χ0n) is 10.9. The Labute approximate surface area is 103 Å². The molecule has 2 rings (SSSR count). The number of nitrogens with one attached hydrogen (secondary N) is 1. The summed E-state index contributed by atoms with van der Waals surface area (Å²) in [5.74, 6) is 2.59. The van der Waals surface area contributed by atoms with Crippen LogP contribution in [-0.4, -0.2) is 23.6 Å². The highest BCUT2D eigenvalue weighted by Gasteiger charge is 2.17. The van der Waals surface area contributed by atoms with Crippen molar-refractivity contribution in [2.24, 2.45) is 5.92 Å². The van der Waals surface area contributed by atoms with Gasteiger partial charge in [0.2, 0.25) is 0 Å². The highest BCUT2D eigenvalue weighted by molar-refractivity contribution is 5.46. The molecule has 17 heavy (non-hydrogen) atoms. The molecule has 0 unspecified atom stereocenters. The van der Waals surface area contributed by atoms with E-state index < -0.39 is 0 Å². The van der Waals surface area contributed by atoms with Gasteiger partial charge in [-0.05, 0) is 12.3 Å². The van der Waals surface area contributed by atoms with Gasteiger partial charge in [0.25, 0.3) is 0 Å². The molecule has 0 spiro atoms. The van der Waals surface area contributed by atoms with Crippen molar-refractivity contribution in [1.82, 2.24) is 9.97 Å². The lowest BCUT2D eigenvalue weighted by Gasteiger charge is -2.19. The number of hydrogen-bond donors (Lipinski definition) is 1. The number of fused-ring (bicyclic) bond motifs is 1. The van der Waals surface area contributed by atoms with E-state index >= 15 is 0 Å². The van der Waals surface area contributed by atoms with E-state index in [-0.39, 0.29) is 0 Å². The molecule has 0 aliphatic carbocycles. The Morgan fingerprint density at radius 3 is 2.88 bits per heavy atom. The summed E-state index contributed by atoms with van der Waals surface area (Å²) < 4.78 is 5.46. The number of aryl methyl sites for hydroxylation is 1. The zero-order valence-corrected chi connectivity index (χ0v) is 10.9. The minimum atomic E-state index is 0.635. The molecule has 0 radical (unpaired) electrons. The minimum Gasteiger partial charge on any atom is -0.376 e. The molecule has 0 fully saturated rings. The molecular weight excluding hydrogens is 214 g/mol. The summed E-state index contributed by atoms with van der Waals surface area (Å²) >= 11 is 0. The van der Waals surface area contributed by atoms with Crippen molar-refractivity contribution in [3.8, 4) is 0 Å². The summed E-state index contributed by atoms with van der Waals surface area (Å²) in [4.78, 5) is 9.24. The van der Waals surface area contributed by atoms with Crippen molar-refractivity contribution in [2.75, 3.05) is 19.0 Å². The third kappa shape index (κ3) is 2.94. The lowest BCUT2D eigenvalue weighted by molar-refractivity contribution is 0.109. The van der Waals surface area contributed by atoms with E-state index in [0.29, 0.717) is 12.5 Å². The molecule has 0 atom stereocenters. The molecular formula is C13H21N3O. The van der Waals surface area contributed by atoms with Crippen LogP contribution < -0.4 is 5.32 Å². The maximum absolute atomic E-state index is 5.46. The monoisotopic (exact) mass is 235 g/mol. The molecule has 94 valence electrons. The van der Waals surface area contributed by atoms with E-state index in [9.17, 15) is 0 Å². The van der Waals surface area contributed by atoms with Gasteiger partial charge >= 0.3 is 0 Å². The first-order valence-corrected chi connectivity index (χ1v) is 6.35. The maximum Gasteiger partial charge on any atom is 0.135 e. The number of anilines is 1. The van der Waals surface area contributed by atoms with Gasteiger partial charge in [0.05, 0.1) is 18.9 Å². The molecule has 4 nitrogen and oxygen atoms in total. The van der Waals surface area contributed by atoms with E-state index in [4.69, 9.17) is 4.74 Å². The molecule has 1 aliphatic rings. The minimum absolute atomic E-state index is 0.635. The molecule has 1 aromatic rings. The fourth-order valence-electron chi connectivity index (χ4n) is 2.02. The highest BCUT2D eigenvalue weighted by Crippen LogP contribution is 2.22. The van der Waals surface area contributed by atoms with Crippen LogP contribution in [0, 0.1) is 5.92 Å². The smallest absolute Gasteiger partial charge is 0.135 e. The van der Waals surface area contributed by atoms with E-state index in [1.165, 1.54) is 0 Å². The van der Waals surface area contributed by atoms with Crippen molar-refractivity contribution in [3.05, 3.63) is 17.1 Å². The Morgan fingerprint density at radius 2 is 2.18 bits per heavy atom. The van der Waals surface area contributed by atoms with Crippen LogP contribution in [0.2, 0.25) is 0 Å². The first-order valence-electron chi connectivity index (χ1n) is 6.35. The van der Waals surface area contributed by atoms with Crippen LogP contribution >= 0.6 is 0 Å². The van der Waals surface area contributed by atoms with Crippen molar-refractivity contribution >= 4 is 5.82 Å². The van der Waals surface area contributed by atoms with Crippen LogP contribution in [0.3, 0.4) is 0 Å². The van der Waals surface area contributed by atoms with Gasteiger partial charge in [-0.3, -0.25) is 0 Å². The molecule has 0 saturated carbocycles. The average molecular weight is 235 g/mol. The van der Waals surface area contributed by atoms with Gasteiger partial charge in [-0.1, -0.05) is 13.8 Å². The zero-order chi connectivity index (χ0) is 12.3. The molecule has 0 saturated heterocycles. The van der Waals surface area contributed by atoms with E-state index in [0.717, 1.165) is 48.8 Å². The highest BCUT2D eigenvalue weighted by atomic mass is 16.5. The molecule has 1 aromatic heterocycles. The number of aromatic nitrogens is 2. The van der Waals surface area contributed by atoms with Crippen LogP contribution in [0.25, 0.3) is 0 Å². The molecule has 4 heteroatoms. The molecule has 1 aliphatic heterocycles. The van der Waals surface area contributed by atoms with Crippen LogP contribution in [0.4, 0.5) is 5.82 Å². The predicted octanol–water partition coefficient (Wildman–Crippen LogP) is 2.18. The van der Waals surface area contributed by atoms with E-state index in [2.05, 4.69) is 29.1 Å². The number of ether oxygens (including phenoxy) is 1. The second-order valence-corrected chi connectivity index (χ2v) is 4.90. The Kier molecular flexibility index (Phi) is 3.94. The van der Waals surface area contributed by atoms with Crippen molar-refractivity contribution in [1.29, 1.82) is 0 Å². The standard InChI is InChI=1S/C13H21N3O/c1-9(2)4-5-12-15-11-6-7-17-8-10(11)13(14-3)16-12/h9H,4-8H2,1-3H3,(H,14,15,16). The summed E-state index contributed by atoms with van der Waals surface area (Å²) in [7, 11) is 1.91. The Balaban J connectivity index is 2.23. The first-order chi connectivity index (χ1) is 8.20. The van der Waals surface area contributed by atoms with Gasteiger partial charge in [-0.15, -0.1) is 0 Å². The predicted molar refractivity (Wildman–Crippen MR) is 68.1 cm³/mol. The van der Waals surface area contributed by atoms with Crippen LogP contribution in [0.1, 0.15) is 37.4 Å². The summed E-state index contributed by atoms with van der Waals surface area (Å²) in [6.07, 6.45) is 3.00. The summed E-state index contributed by atoms with van der Waals surface area (Å²) in [6, 6.07) is 0. The summed E-state index contributed by atoms with van der Waals surface area (Å²) in [5, 5.41) is 3.15. The summed E-state index contributed by atoms with van der Waals surface area (Å²) in [5.41, 5.74) is 2.29. The van der Waals surface area contributed by atoms with E-state index in [1.807, 2.05) is 7.05 Å². The molecule has 0 amide bonds. The summed E-state index contributed by atoms with van der Waals surface area (Å²) in [6.45, 7) is 5.86. The van der Waals surface area contributed by atoms with Gasteiger partial charge in [-0.2, -0.15) is 0 Å². The number of hydrogen-bond acceptors (Lipinski definition) is 4. The SMILES string of the molecule is CNc1nc(CCC(C)C)nc2c1COCC2. The van der Waals surface area contributed by atoms with Crippen molar-refractivity contribution in [3.63, 3.8) is 0 Å². The number of rotatable bonds is 4. The molecule has 1 N–H and O–H groups in total. The Hall–Kier alpha value is -1.16. The first kappa shape index (κ1) is 12.3. The van der Waals surface area contributed by atoms with Crippen LogP contribution in [0.5, 0.6) is 0 Å². The topological polar surface area (TPSA) is 47.0 Å². The molecule has 2 heterocycles. The van der Waals surface area contributed by atoms with E-state index in [1.54, 1.807) is 0 Å². The third-order valence-electron chi connectivity index (χ3n) is 3.05. The third-order valence-corrected chi connectivity index (χ3v) is 3.05. The Morgan fingerprint density at radius 1 is 1.35 bits per heavy atom. The second kappa shape index (κ2) is 5.45. The normalized spacial score (nSPS) is 14.8. The van der Waals surface area contributed by atoms with Gasteiger partial charge in [0, 0.05) is 25.5 Å². The van der Waals surface area contributed by atoms with Crippen molar-refractivity contribution in [2.45, 2.75) is 39.7 Å². The van der Waals surface area contributed by atoms with Gasteiger partial charge in [-0.25, -0.2) is 9.97 Å². The lowest BCUT2D eigenvalue weighted by atomic mass is 10.1. The maximum atomic E-state index is 5.46. The van der Waals surface area contributed by atoms with Crippen LogP contribution in [-0.2, 0) is 24.2 Å². The fraction of sp³-hybridized carbons (Fsp3) is 0.692.